The Labute approximate surface area is 113 Å². The molecule has 18 heavy (non-hydrogen) atoms. The summed E-state index contributed by atoms with van der Waals surface area (Å²) < 4.78 is 4.96. The van der Waals surface area contributed by atoms with Crippen molar-refractivity contribution in [1.82, 2.24) is 5.32 Å². The molecule has 0 saturated carbocycles. The summed E-state index contributed by atoms with van der Waals surface area (Å²) >= 11 is 11.6. The average molecular weight is 289 g/mol. The van der Waals surface area contributed by atoms with Gasteiger partial charge in [-0.2, -0.15) is 0 Å². The Morgan fingerprint density at radius 2 is 1.89 bits per heavy atom. The lowest BCUT2D eigenvalue weighted by Gasteiger charge is -2.09. The smallest absolute Gasteiger partial charge is 0.252 e. The van der Waals surface area contributed by atoms with Gasteiger partial charge in [-0.1, -0.05) is 23.2 Å². The van der Waals surface area contributed by atoms with Gasteiger partial charge < -0.3 is 15.8 Å². The van der Waals surface area contributed by atoms with E-state index in [-0.39, 0.29) is 27.3 Å². The van der Waals surface area contributed by atoms with E-state index in [0.717, 1.165) is 0 Å². The Morgan fingerprint density at radius 1 is 1.33 bits per heavy atom. The first-order valence-corrected chi connectivity index (χ1v) is 5.93. The standard InChI is InChI=1S/C11H10Cl2N2O3/c12-8-1-6(10(14)16)7(2-9(8)13)11(17)15-3-5-4-18-5/h1-2,5H,3-4H2,(H2,14,16)(H,15,17). The third-order valence-electron chi connectivity index (χ3n) is 2.46. The van der Waals surface area contributed by atoms with Crippen LogP contribution in [0, 0.1) is 0 Å². The highest BCUT2D eigenvalue weighted by molar-refractivity contribution is 6.42. The minimum absolute atomic E-state index is 0.0404. The Hall–Kier alpha value is -1.30. The van der Waals surface area contributed by atoms with E-state index in [1.807, 2.05) is 0 Å². The second-order valence-electron chi connectivity index (χ2n) is 3.84. The molecule has 1 aromatic carbocycles. The molecule has 2 rings (SSSR count). The van der Waals surface area contributed by atoms with Gasteiger partial charge >= 0.3 is 0 Å². The van der Waals surface area contributed by atoms with Gasteiger partial charge in [0.05, 0.1) is 33.9 Å². The van der Waals surface area contributed by atoms with Crippen molar-refractivity contribution in [3.05, 3.63) is 33.3 Å². The average Bonchev–Trinajstić information content (AvgIpc) is 3.12. The second-order valence-corrected chi connectivity index (χ2v) is 4.66. The topological polar surface area (TPSA) is 84.7 Å². The van der Waals surface area contributed by atoms with Crippen molar-refractivity contribution < 1.29 is 14.3 Å². The molecular formula is C11H10Cl2N2O3. The van der Waals surface area contributed by atoms with Crippen molar-refractivity contribution in [2.45, 2.75) is 6.10 Å². The van der Waals surface area contributed by atoms with Crippen LogP contribution in [0.4, 0.5) is 0 Å². The number of benzene rings is 1. The van der Waals surface area contributed by atoms with Crippen LogP contribution in [-0.2, 0) is 4.74 Å². The number of hydrogen-bond acceptors (Lipinski definition) is 3. The van der Waals surface area contributed by atoms with Crippen LogP contribution >= 0.6 is 23.2 Å². The predicted octanol–water partition coefficient (Wildman–Crippen LogP) is 1.22. The molecule has 2 amide bonds. The fraction of sp³-hybridized carbons (Fsp3) is 0.273. The molecule has 96 valence electrons. The molecule has 1 fully saturated rings. The number of hydrogen-bond donors (Lipinski definition) is 2. The highest BCUT2D eigenvalue weighted by atomic mass is 35.5. The maximum atomic E-state index is 11.9. The van der Waals surface area contributed by atoms with Crippen LogP contribution in [-0.4, -0.2) is 31.1 Å². The molecule has 1 saturated heterocycles. The fourth-order valence-electron chi connectivity index (χ4n) is 1.43. The second kappa shape index (κ2) is 5.14. The van der Waals surface area contributed by atoms with Crippen LogP contribution in [0.1, 0.15) is 20.7 Å². The maximum Gasteiger partial charge on any atom is 0.252 e. The molecule has 1 unspecified atom stereocenters. The third-order valence-corrected chi connectivity index (χ3v) is 3.19. The molecule has 5 nitrogen and oxygen atoms in total. The van der Waals surface area contributed by atoms with E-state index in [2.05, 4.69) is 5.32 Å². The van der Waals surface area contributed by atoms with Gasteiger partial charge in [0.25, 0.3) is 5.91 Å². The summed E-state index contributed by atoms with van der Waals surface area (Å²) in [5.41, 5.74) is 5.34. The SMILES string of the molecule is NC(=O)c1cc(Cl)c(Cl)cc1C(=O)NCC1CO1. The molecule has 0 spiro atoms. The molecule has 1 aliphatic rings. The molecular weight excluding hydrogens is 279 g/mol. The Balaban J connectivity index is 2.25. The van der Waals surface area contributed by atoms with E-state index in [4.69, 9.17) is 33.7 Å². The summed E-state index contributed by atoms with van der Waals surface area (Å²) in [6.07, 6.45) is 0.0498. The van der Waals surface area contributed by atoms with Crippen molar-refractivity contribution >= 4 is 35.0 Å². The molecule has 0 radical (unpaired) electrons. The zero-order chi connectivity index (χ0) is 13.3. The molecule has 1 aliphatic heterocycles. The normalized spacial score (nSPS) is 17.3. The number of rotatable bonds is 4. The van der Waals surface area contributed by atoms with Gasteiger partial charge in [-0.15, -0.1) is 0 Å². The van der Waals surface area contributed by atoms with Crippen molar-refractivity contribution in [3.63, 3.8) is 0 Å². The van der Waals surface area contributed by atoms with Crippen molar-refractivity contribution in [2.24, 2.45) is 5.73 Å². The van der Waals surface area contributed by atoms with Crippen LogP contribution < -0.4 is 11.1 Å². The Morgan fingerprint density at radius 3 is 2.39 bits per heavy atom. The van der Waals surface area contributed by atoms with Crippen LogP contribution in [0.5, 0.6) is 0 Å². The van der Waals surface area contributed by atoms with Gasteiger partial charge in [0.15, 0.2) is 0 Å². The van der Waals surface area contributed by atoms with Crippen LogP contribution in [0.15, 0.2) is 12.1 Å². The number of halogens is 2. The van der Waals surface area contributed by atoms with E-state index in [1.54, 1.807) is 0 Å². The van der Waals surface area contributed by atoms with E-state index in [0.29, 0.717) is 13.2 Å². The first-order chi connectivity index (χ1) is 8.49. The zero-order valence-corrected chi connectivity index (χ0v) is 10.7. The van der Waals surface area contributed by atoms with E-state index in [9.17, 15) is 9.59 Å². The summed E-state index contributed by atoms with van der Waals surface area (Å²) in [5.74, 6) is -1.17. The molecule has 0 bridgehead atoms. The zero-order valence-electron chi connectivity index (χ0n) is 9.20. The van der Waals surface area contributed by atoms with Gasteiger partial charge in [0.1, 0.15) is 0 Å². The number of epoxide rings is 1. The molecule has 0 aromatic heterocycles. The minimum Gasteiger partial charge on any atom is -0.371 e. The number of primary amides is 1. The lowest BCUT2D eigenvalue weighted by molar-refractivity contribution is 0.0933. The van der Waals surface area contributed by atoms with Crippen molar-refractivity contribution in [2.75, 3.05) is 13.2 Å². The van der Waals surface area contributed by atoms with E-state index >= 15 is 0 Å². The lowest BCUT2D eigenvalue weighted by atomic mass is 10.1. The van der Waals surface area contributed by atoms with Crippen LogP contribution in [0.2, 0.25) is 10.0 Å². The monoisotopic (exact) mass is 288 g/mol. The number of amides is 2. The third kappa shape index (κ3) is 2.93. The summed E-state index contributed by atoms with van der Waals surface area (Å²) in [5, 5.41) is 2.99. The Kier molecular flexibility index (Phi) is 3.75. The van der Waals surface area contributed by atoms with Crippen molar-refractivity contribution in [1.29, 1.82) is 0 Å². The van der Waals surface area contributed by atoms with Crippen LogP contribution in [0.25, 0.3) is 0 Å². The highest BCUT2D eigenvalue weighted by Gasteiger charge is 2.24. The van der Waals surface area contributed by atoms with Crippen LogP contribution in [0.3, 0.4) is 0 Å². The van der Waals surface area contributed by atoms with Gasteiger partial charge in [-0.05, 0) is 12.1 Å². The maximum absolute atomic E-state index is 11.9. The number of nitrogens with one attached hydrogen (secondary N) is 1. The van der Waals surface area contributed by atoms with Gasteiger partial charge in [0.2, 0.25) is 5.91 Å². The predicted molar refractivity (Wildman–Crippen MR) is 67.1 cm³/mol. The largest absolute Gasteiger partial charge is 0.371 e. The molecule has 1 aromatic rings. The van der Waals surface area contributed by atoms with Gasteiger partial charge in [-0.3, -0.25) is 9.59 Å². The number of carbonyl (C=O) groups is 2. The Bertz CT molecular complexity index is 515. The first-order valence-electron chi connectivity index (χ1n) is 5.17. The first kappa shape index (κ1) is 13.1. The fourth-order valence-corrected chi connectivity index (χ4v) is 1.75. The highest BCUT2D eigenvalue weighted by Crippen LogP contribution is 2.26. The molecule has 1 heterocycles. The van der Waals surface area contributed by atoms with E-state index in [1.165, 1.54) is 12.1 Å². The number of nitrogens with two attached hydrogens (primary N) is 1. The molecule has 1 atom stereocenters. The number of carbonyl (C=O) groups excluding carboxylic acids is 2. The quantitative estimate of drug-likeness (QED) is 0.817. The van der Waals surface area contributed by atoms with Crippen molar-refractivity contribution in [3.8, 4) is 0 Å². The van der Waals surface area contributed by atoms with Gasteiger partial charge in [-0.25, -0.2) is 0 Å². The van der Waals surface area contributed by atoms with E-state index < -0.39 is 11.8 Å². The number of ether oxygens (including phenoxy) is 1. The minimum atomic E-state index is -0.735. The summed E-state index contributed by atoms with van der Waals surface area (Å²) in [7, 11) is 0. The molecule has 7 heteroatoms. The summed E-state index contributed by atoms with van der Waals surface area (Å²) in [4.78, 5) is 23.1. The lowest BCUT2D eigenvalue weighted by Crippen LogP contribution is -2.29. The summed E-state index contributed by atoms with van der Waals surface area (Å²) in [6.45, 7) is 1.02. The van der Waals surface area contributed by atoms with Gasteiger partial charge in [0, 0.05) is 6.54 Å². The molecule has 0 aliphatic carbocycles. The molecule has 3 N–H and O–H groups in total. The summed E-state index contributed by atoms with van der Waals surface area (Å²) in [6, 6.07) is 2.61.